The molecule has 0 radical (unpaired) electrons. The van der Waals surface area contributed by atoms with Crippen molar-refractivity contribution in [2.45, 2.75) is 13.8 Å². The van der Waals surface area contributed by atoms with E-state index in [-0.39, 0.29) is 0 Å². The van der Waals surface area contributed by atoms with Gasteiger partial charge < -0.3 is 14.8 Å². The Bertz CT molecular complexity index is 946. The van der Waals surface area contributed by atoms with E-state index < -0.39 is 0 Å². The van der Waals surface area contributed by atoms with Crippen LogP contribution in [0.3, 0.4) is 0 Å². The summed E-state index contributed by atoms with van der Waals surface area (Å²) in [6.07, 6.45) is 1.64. The van der Waals surface area contributed by atoms with E-state index in [0.29, 0.717) is 0 Å². The summed E-state index contributed by atoms with van der Waals surface area (Å²) in [6, 6.07) is 8.05. The molecule has 1 aliphatic heterocycles. The smallest absolute Gasteiger partial charge is 0.150 e. The van der Waals surface area contributed by atoms with Crippen LogP contribution in [0.1, 0.15) is 11.3 Å². The van der Waals surface area contributed by atoms with Crippen LogP contribution in [0.2, 0.25) is 0 Å². The summed E-state index contributed by atoms with van der Waals surface area (Å²) in [5.41, 5.74) is 4.34. The van der Waals surface area contributed by atoms with Crippen molar-refractivity contribution in [2.75, 3.05) is 51.8 Å². The van der Waals surface area contributed by atoms with Gasteiger partial charge in [0.15, 0.2) is 5.65 Å². The minimum atomic E-state index is 0.820. The number of benzene rings is 1. The second-order valence-electron chi connectivity index (χ2n) is 7.05. The number of anilines is 1. The molecule has 28 heavy (non-hydrogen) atoms. The summed E-state index contributed by atoms with van der Waals surface area (Å²) in [6.45, 7) is 9.71. The van der Waals surface area contributed by atoms with Crippen molar-refractivity contribution >= 4 is 16.9 Å². The van der Waals surface area contributed by atoms with E-state index in [2.05, 4.69) is 50.7 Å². The Morgan fingerprint density at radius 3 is 2.57 bits per heavy atom. The third-order valence-electron chi connectivity index (χ3n) is 5.45. The molecule has 7 heteroatoms. The first kappa shape index (κ1) is 18.7. The Hall–Kier alpha value is -2.64. The fraction of sp³-hybridized carbons (Fsp3) is 0.429. The molecular formula is C21H27N5O2. The van der Waals surface area contributed by atoms with Crippen LogP contribution in [0.25, 0.3) is 16.7 Å². The van der Waals surface area contributed by atoms with E-state index in [9.17, 15) is 0 Å². The summed E-state index contributed by atoms with van der Waals surface area (Å²) >= 11 is 0. The van der Waals surface area contributed by atoms with Crippen molar-refractivity contribution in [2.24, 2.45) is 0 Å². The molecule has 3 aromatic rings. The van der Waals surface area contributed by atoms with Crippen molar-refractivity contribution in [1.82, 2.24) is 19.4 Å². The van der Waals surface area contributed by atoms with Crippen LogP contribution < -0.4 is 10.1 Å². The number of hydrogen-bond donors (Lipinski definition) is 1. The predicted molar refractivity (Wildman–Crippen MR) is 111 cm³/mol. The highest BCUT2D eigenvalue weighted by Crippen LogP contribution is 2.31. The van der Waals surface area contributed by atoms with Crippen molar-refractivity contribution < 1.29 is 9.47 Å². The van der Waals surface area contributed by atoms with Crippen LogP contribution in [-0.4, -0.2) is 65.9 Å². The number of hydrogen-bond acceptors (Lipinski definition) is 6. The van der Waals surface area contributed by atoms with Gasteiger partial charge in [-0.3, -0.25) is 9.47 Å². The molecule has 2 aromatic heterocycles. The Morgan fingerprint density at radius 1 is 1.11 bits per heavy atom. The maximum Gasteiger partial charge on any atom is 0.150 e. The zero-order valence-electron chi connectivity index (χ0n) is 16.7. The quantitative estimate of drug-likeness (QED) is 0.708. The monoisotopic (exact) mass is 381 g/mol. The Balaban J connectivity index is 1.62. The molecule has 0 unspecified atom stereocenters. The Labute approximate surface area is 165 Å². The van der Waals surface area contributed by atoms with E-state index in [1.54, 1.807) is 13.4 Å². The van der Waals surface area contributed by atoms with Crippen molar-refractivity contribution in [1.29, 1.82) is 0 Å². The second kappa shape index (κ2) is 8.16. The zero-order valence-corrected chi connectivity index (χ0v) is 16.7. The van der Waals surface area contributed by atoms with Crippen molar-refractivity contribution in [3.63, 3.8) is 0 Å². The minimum absolute atomic E-state index is 0.820. The Morgan fingerprint density at radius 2 is 1.86 bits per heavy atom. The number of rotatable bonds is 6. The largest absolute Gasteiger partial charge is 0.497 e. The fourth-order valence-corrected chi connectivity index (χ4v) is 3.74. The van der Waals surface area contributed by atoms with E-state index in [1.807, 2.05) is 12.1 Å². The number of morpholine rings is 1. The van der Waals surface area contributed by atoms with Gasteiger partial charge in [-0.2, -0.15) is 0 Å². The average molecular weight is 381 g/mol. The summed E-state index contributed by atoms with van der Waals surface area (Å²) in [7, 11) is 1.68. The van der Waals surface area contributed by atoms with Gasteiger partial charge in [-0.1, -0.05) is 0 Å². The topological polar surface area (TPSA) is 64.4 Å². The lowest BCUT2D eigenvalue weighted by Crippen LogP contribution is -2.39. The first-order valence-electron chi connectivity index (χ1n) is 9.70. The molecule has 1 fully saturated rings. The molecule has 1 aromatic carbocycles. The fourth-order valence-electron chi connectivity index (χ4n) is 3.74. The number of nitrogens with zero attached hydrogens (tertiary/aromatic N) is 4. The van der Waals surface area contributed by atoms with Crippen molar-refractivity contribution in [3.8, 4) is 11.4 Å². The lowest BCUT2D eigenvalue weighted by Gasteiger charge is -2.26. The van der Waals surface area contributed by atoms with Gasteiger partial charge in [0.1, 0.15) is 17.9 Å². The molecule has 3 heterocycles. The highest BCUT2D eigenvalue weighted by molar-refractivity contribution is 5.93. The summed E-state index contributed by atoms with van der Waals surface area (Å²) in [5, 5.41) is 4.60. The third-order valence-corrected chi connectivity index (χ3v) is 5.45. The summed E-state index contributed by atoms with van der Waals surface area (Å²) < 4.78 is 12.9. The molecule has 0 spiro atoms. The minimum Gasteiger partial charge on any atom is -0.497 e. The summed E-state index contributed by atoms with van der Waals surface area (Å²) in [5.74, 6) is 1.74. The van der Waals surface area contributed by atoms with Crippen LogP contribution in [0.5, 0.6) is 5.75 Å². The molecule has 0 aliphatic carbocycles. The van der Waals surface area contributed by atoms with Gasteiger partial charge in [0.05, 0.1) is 25.7 Å². The average Bonchev–Trinajstić information content (AvgIpc) is 3.00. The highest BCUT2D eigenvalue weighted by Gasteiger charge is 2.18. The maximum absolute atomic E-state index is 5.42. The first-order valence-corrected chi connectivity index (χ1v) is 9.70. The van der Waals surface area contributed by atoms with Gasteiger partial charge >= 0.3 is 0 Å². The molecule has 1 N–H and O–H groups in total. The van der Waals surface area contributed by atoms with E-state index in [1.165, 1.54) is 5.56 Å². The number of fused-ring (bicyclic) bond motifs is 1. The van der Waals surface area contributed by atoms with Crippen LogP contribution in [-0.2, 0) is 4.74 Å². The molecule has 0 amide bonds. The lowest BCUT2D eigenvalue weighted by atomic mass is 10.2. The number of aromatic nitrogens is 3. The lowest BCUT2D eigenvalue weighted by molar-refractivity contribution is 0.0398. The first-order chi connectivity index (χ1) is 13.7. The van der Waals surface area contributed by atoms with Crippen molar-refractivity contribution in [3.05, 3.63) is 41.9 Å². The standard InChI is InChI=1S/C21H27N5O2/c1-15-16(2)26(17-4-6-18(27-3)7-5-17)21-19(15)20(23-14-24-21)22-8-9-25-10-12-28-13-11-25/h4-7,14H,8-13H2,1-3H3,(H,22,23,24). The molecule has 0 bridgehead atoms. The predicted octanol–water partition coefficient (Wildman–Crippen LogP) is 2.79. The normalized spacial score (nSPS) is 15.1. The number of methoxy groups -OCH3 is 1. The number of ether oxygens (including phenoxy) is 2. The van der Waals surface area contributed by atoms with Crippen LogP contribution in [0.4, 0.5) is 5.82 Å². The van der Waals surface area contributed by atoms with Gasteiger partial charge in [-0.05, 0) is 43.7 Å². The second-order valence-corrected chi connectivity index (χ2v) is 7.05. The van der Waals surface area contributed by atoms with Gasteiger partial charge in [0.2, 0.25) is 0 Å². The molecule has 1 saturated heterocycles. The molecule has 0 atom stereocenters. The Kier molecular flexibility index (Phi) is 5.45. The third kappa shape index (κ3) is 3.55. The molecular weight excluding hydrogens is 354 g/mol. The van der Waals surface area contributed by atoms with Gasteiger partial charge in [-0.25, -0.2) is 9.97 Å². The molecule has 1 aliphatic rings. The van der Waals surface area contributed by atoms with E-state index >= 15 is 0 Å². The molecule has 148 valence electrons. The van der Waals surface area contributed by atoms with Gasteiger partial charge in [0.25, 0.3) is 0 Å². The van der Waals surface area contributed by atoms with Gasteiger partial charge in [-0.15, -0.1) is 0 Å². The number of aryl methyl sites for hydroxylation is 1. The van der Waals surface area contributed by atoms with Gasteiger partial charge in [0, 0.05) is 37.6 Å². The van der Waals surface area contributed by atoms with Crippen LogP contribution >= 0.6 is 0 Å². The number of nitrogens with one attached hydrogen (secondary N) is 1. The summed E-state index contributed by atoms with van der Waals surface area (Å²) in [4.78, 5) is 11.5. The molecule has 4 rings (SSSR count). The highest BCUT2D eigenvalue weighted by atomic mass is 16.5. The van der Waals surface area contributed by atoms with E-state index in [4.69, 9.17) is 9.47 Å². The zero-order chi connectivity index (χ0) is 19.5. The van der Waals surface area contributed by atoms with E-state index in [0.717, 1.165) is 73.4 Å². The molecule has 0 saturated carbocycles. The molecule has 7 nitrogen and oxygen atoms in total. The maximum atomic E-state index is 5.42. The SMILES string of the molecule is COc1ccc(-n2c(C)c(C)c3c(NCCN4CCOCC4)ncnc32)cc1. The van der Waals surface area contributed by atoms with Crippen LogP contribution in [0.15, 0.2) is 30.6 Å². The van der Waals surface area contributed by atoms with Crippen LogP contribution in [0, 0.1) is 13.8 Å².